The molecule has 0 N–H and O–H groups in total. The first kappa shape index (κ1) is 30.1. The van der Waals surface area contributed by atoms with E-state index in [4.69, 9.17) is 18.4 Å². The summed E-state index contributed by atoms with van der Waals surface area (Å²) in [6.45, 7) is 14.6. The SMILES string of the molecule is CCO[C@H](COS(=O)(=O)c1ccc(C)cc1)CN1CCOc2cc3c(c(C)c21)CCN(C(=O)OC(C)(C)C)CC3. The van der Waals surface area contributed by atoms with Gasteiger partial charge in [0.1, 0.15) is 18.0 Å². The van der Waals surface area contributed by atoms with Crippen LogP contribution in [0.1, 0.15) is 49.9 Å². The van der Waals surface area contributed by atoms with Gasteiger partial charge in [0.05, 0.1) is 29.8 Å². The number of ether oxygens (including phenoxy) is 3. The van der Waals surface area contributed by atoms with Crippen molar-refractivity contribution in [2.45, 2.75) is 71.0 Å². The summed E-state index contributed by atoms with van der Waals surface area (Å²) in [5.74, 6) is 0.802. The highest BCUT2D eigenvalue weighted by molar-refractivity contribution is 7.86. The lowest BCUT2D eigenvalue weighted by Gasteiger charge is -2.36. The molecular weight excluding hydrogens is 532 g/mol. The van der Waals surface area contributed by atoms with E-state index in [0.717, 1.165) is 29.0 Å². The number of carbonyl (C=O) groups excluding carboxylic acids is 1. The lowest BCUT2D eigenvalue weighted by atomic mass is 9.94. The quantitative estimate of drug-likeness (QED) is 0.421. The Kier molecular flexibility index (Phi) is 9.32. The van der Waals surface area contributed by atoms with Gasteiger partial charge in [-0.1, -0.05) is 17.7 Å². The van der Waals surface area contributed by atoms with E-state index in [1.165, 1.54) is 11.1 Å². The first-order valence-corrected chi connectivity index (χ1v) is 15.4. The van der Waals surface area contributed by atoms with E-state index in [1.807, 2.05) is 34.6 Å². The molecule has 0 saturated heterocycles. The lowest BCUT2D eigenvalue weighted by molar-refractivity contribution is 0.0258. The molecule has 0 fully saturated rings. The molecular formula is C30H42N2O7S. The minimum absolute atomic E-state index is 0.0917. The first-order valence-electron chi connectivity index (χ1n) is 14.0. The van der Waals surface area contributed by atoms with Gasteiger partial charge in [-0.3, -0.25) is 4.18 Å². The molecule has 2 aromatic carbocycles. The summed E-state index contributed by atoms with van der Waals surface area (Å²) in [4.78, 5) is 16.8. The third-order valence-corrected chi connectivity index (χ3v) is 8.44. The van der Waals surface area contributed by atoms with Crippen molar-refractivity contribution in [3.8, 4) is 5.75 Å². The number of fused-ring (bicyclic) bond motifs is 2. The van der Waals surface area contributed by atoms with E-state index in [2.05, 4.69) is 17.9 Å². The molecule has 4 rings (SSSR count). The fourth-order valence-electron chi connectivity index (χ4n) is 5.21. The fourth-order valence-corrected chi connectivity index (χ4v) is 6.15. The zero-order valence-electron chi connectivity index (χ0n) is 24.5. The van der Waals surface area contributed by atoms with E-state index in [-0.39, 0.29) is 17.6 Å². The summed E-state index contributed by atoms with van der Waals surface area (Å²) in [5.41, 5.74) is 4.93. The van der Waals surface area contributed by atoms with Crippen molar-refractivity contribution < 1.29 is 31.6 Å². The van der Waals surface area contributed by atoms with Crippen LogP contribution in [-0.2, 0) is 36.6 Å². The normalized spacial score (nSPS) is 16.4. The van der Waals surface area contributed by atoms with Gasteiger partial charge in [-0.2, -0.15) is 8.42 Å². The number of benzene rings is 2. The summed E-state index contributed by atoms with van der Waals surface area (Å²) in [5, 5.41) is 0. The zero-order chi connectivity index (χ0) is 29.1. The van der Waals surface area contributed by atoms with Gasteiger partial charge >= 0.3 is 6.09 Å². The second kappa shape index (κ2) is 12.4. The fraction of sp³-hybridized carbons (Fsp3) is 0.567. The Bertz CT molecular complexity index is 1300. The molecule has 1 atom stereocenters. The molecule has 2 heterocycles. The third kappa shape index (κ3) is 7.27. The Morgan fingerprint density at radius 1 is 1.07 bits per heavy atom. The number of hydrogen-bond donors (Lipinski definition) is 0. The minimum atomic E-state index is -3.91. The smallest absolute Gasteiger partial charge is 0.410 e. The van der Waals surface area contributed by atoms with Gasteiger partial charge in [-0.15, -0.1) is 0 Å². The second-order valence-electron chi connectivity index (χ2n) is 11.4. The van der Waals surface area contributed by atoms with Crippen molar-refractivity contribution in [3.63, 3.8) is 0 Å². The Labute approximate surface area is 238 Å². The van der Waals surface area contributed by atoms with Crippen LogP contribution in [0, 0.1) is 13.8 Å². The summed E-state index contributed by atoms with van der Waals surface area (Å²) in [6, 6.07) is 8.70. The summed E-state index contributed by atoms with van der Waals surface area (Å²) in [6.07, 6.45) is 0.685. The molecule has 0 bridgehead atoms. The maximum atomic E-state index is 12.8. The average Bonchev–Trinajstić information content (AvgIpc) is 3.10. The van der Waals surface area contributed by atoms with Crippen molar-refractivity contribution in [1.82, 2.24) is 4.90 Å². The van der Waals surface area contributed by atoms with Crippen LogP contribution < -0.4 is 9.64 Å². The van der Waals surface area contributed by atoms with Gasteiger partial charge < -0.3 is 24.0 Å². The number of aryl methyl sites for hydroxylation is 1. The molecule has 40 heavy (non-hydrogen) atoms. The molecule has 0 aliphatic carbocycles. The molecule has 0 aromatic heterocycles. The van der Waals surface area contributed by atoms with Crippen LogP contribution in [0.3, 0.4) is 0 Å². The summed E-state index contributed by atoms with van der Waals surface area (Å²) >= 11 is 0. The molecule has 0 spiro atoms. The van der Waals surface area contributed by atoms with E-state index in [1.54, 1.807) is 29.2 Å². The van der Waals surface area contributed by atoms with E-state index in [9.17, 15) is 13.2 Å². The van der Waals surface area contributed by atoms with Gasteiger partial charge in [0.2, 0.25) is 0 Å². The van der Waals surface area contributed by atoms with Crippen LogP contribution >= 0.6 is 0 Å². The monoisotopic (exact) mass is 574 g/mol. The topological polar surface area (TPSA) is 94.6 Å². The van der Waals surface area contributed by atoms with Crippen LogP contribution in [0.25, 0.3) is 0 Å². The molecule has 2 aliphatic heterocycles. The maximum absolute atomic E-state index is 12.8. The van der Waals surface area contributed by atoms with Gasteiger partial charge in [0, 0.05) is 26.2 Å². The molecule has 0 saturated carbocycles. The van der Waals surface area contributed by atoms with Gasteiger partial charge in [-0.05, 0) is 89.3 Å². The Morgan fingerprint density at radius 3 is 2.45 bits per heavy atom. The number of nitrogens with zero attached hydrogens (tertiary/aromatic N) is 2. The average molecular weight is 575 g/mol. The number of amides is 1. The van der Waals surface area contributed by atoms with Gasteiger partial charge in [0.15, 0.2) is 0 Å². The number of anilines is 1. The Morgan fingerprint density at radius 2 is 1.77 bits per heavy atom. The van der Waals surface area contributed by atoms with Crippen LogP contribution in [0.5, 0.6) is 5.75 Å². The first-order chi connectivity index (χ1) is 18.9. The number of rotatable bonds is 8. The third-order valence-electron chi connectivity index (χ3n) is 7.15. The van der Waals surface area contributed by atoms with E-state index < -0.39 is 21.8 Å². The Balaban J connectivity index is 1.50. The second-order valence-corrected chi connectivity index (χ2v) is 13.0. The molecule has 2 aromatic rings. The predicted molar refractivity (Wildman–Crippen MR) is 154 cm³/mol. The molecule has 0 unspecified atom stereocenters. The van der Waals surface area contributed by atoms with Crippen LogP contribution in [0.4, 0.5) is 10.5 Å². The van der Waals surface area contributed by atoms with Gasteiger partial charge in [0.25, 0.3) is 10.1 Å². The minimum Gasteiger partial charge on any atom is -0.490 e. The molecule has 1 amide bonds. The predicted octanol–water partition coefficient (Wildman–Crippen LogP) is 4.65. The van der Waals surface area contributed by atoms with Crippen LogP contribution in [0.15, 0.2) is 35.2 Å². The van der Waals surface area contributed by atoms with Crippen LogP contribution in [-0.4, -0.2) is 77.1 Å². The highest BCUT2D eigenvalue weighted by atomic mass is 32.2. The van der Waals surface area contributed by atoms with E-state index >= 15 is 0 Å². The standard InChI is InChI=1S/C30H42N2O7S/c1-7-36-24(20-38-40(34,35)25-10-8-21(2)9-11-25)19-32-16-17-37-27-18-23-12-14-31(29(33)39-30(4,5)6)15-13-26(23)22(3)28(27)32/h8-11,18,24H,7,12-17,19-20H2,1-6H3/t24-/m0/s1. The molecule has 220 valence electrons. The van der Waals surface area contributed by atoms with Crippen LogP contribution in [0.2, 0.25) is 0 Å². The van der Waals surface area contributed by atoms with Crippen molar-refractivity contribution in [3.05, 3.63) is 52.6 Å². The van der Waals surface area contributed by atoms with Gasteiger partial charge in [-0.25, -0.2) is 4.79 Å². The number of hydrogen-bond acceptors (Lipinski definition) is 8. The Hall–Kier alpha value is -2.82. The maximum Gasteiger partial charge on any atom is 0.410 e. The molecule has 9 nitrogen and oxygen atoms in total. The molecule has 2 aliphatic rings. The van der Waals surface area contributed by atoms with E-state index in [0.29, 0.717) is 45.8 Å². The molecule has 0 radical (unpaired) electrons. The molecule has 10 heteroatoms. The highest BCUT2D eigenvalue weighted by Crippen LogP contribution is 2.40. The van der Waals surface area contributed by atoms with Crippen molar-refractivity contribution in [2.24, 2.45) is 0 Å². The largest absolute Gasteiger partial charge is 0.490 e. The lowest BCUT2D eigenvalue weighted by Crippen LogP contribution is -2.42. The van der Waals surface area contributed by atoms with Crippen molar-refractivity contribution >= 4 is 21.9 Å². The van der Waals surface area contributed by atoms with Crippen molar-refractivity contribution in [2.75, 3.05) is 50.9 Å². The number of carbonyl (C=O) groups is 1. The highest BCUT2D eigenvalue weighted by Gasteiger charge is 2.30. The zero-order valence-corrected chi connectivity index (χ0v) is 25.3. The summed E-state index contributed by atoms with van der Waals surface area (Å²) < 4.78 is 48.7. The summed E-state index contributed by atoms with van der Waals surface area (Å²) in [7, 11) is -3.91. The van der Waals surface area contributed by atoms with Crippen molar-refractivity contribution in [1.29, 1.82) is 0 Å².